The van der Waals surface area contributed by atoms with E-state index in [2.05, 4.69) is 34.1 Å². The summed E-state index contributed by atoms with van der Waals surface area (Å²) in [5.74, 6) is 0.879. The number of H-pyrrole nitrogens is 1. The van der Waals surface area contributed by atoms with E-state index in [4.69, 9.17) is 0 Å². The van der Waals surface area contributed by atoms with Crippen LogP contribution in [0.3, 0.4) is 0 Å². The van der Waals surface area contributed by atoms with Gasteiger partial charge in [-0.25, -0.2) is 9.67 Å². The van der Waals surface area contributed by atoms with Gasteiger partial charge in [0, 0.05) is 5.75 Å². The minimum absolute atomic E-state index is 0.149. The molecule has 0 aliphatic rings. The SMILES string of the molecule is CC/C=C/CCSc1nc2c(cnn2-c2ccccc2)c(=O)[nH]1. The summed E-state index contributed by atoms with van der Waals surface area (Å²) in [7, 11) is 0. The number of aromatic nitrogens is 4. The quantitative estimate of drug-likeness (QED) is 0.326. The molecule has 0 aliphatic heterocycles. The molecular formula is C17H18N4OS. The number of hydrogen-bond donors (Lipinski definition) is 1. The van der Waals surface area contributed by atoms with E-state index in [1.807, 2.05) is 30.3 Å². The molecular weight excluding hydrogens is 308 g/mol. The van der Waals surface area contributed by atoms with E-state index in [0.29, 0.717) is 16.2 Å². The molecule has 5 nitrogen and oxygen atoms in total. The first-order valence-electron chi connectivity index (χ1n) is 7.61. The highest BCUT2D eigenvalue weighted by atomic mass is 32.2. The minimum Gasteiger partial charge on any atom is -0.301 e. The van der Waals surface area contributed by atoms with Crippen LogP contribution in [0.25, 0.3) is 16.7 Å². The zero-order chi connectivity index (χ0) is 16.1. The van der Waals surface area contributed by atoms with Crippen LogP contribution in [0.5, 0.6) is 0 Å². The van der Waals surface area contributed by atoms with Gasteiger partial charge in [-0.05, 0) is 25.0 Å². The normalized spacial score (nSPS) is 11.5. The number of allylic oxidation sites excluding steroid dienone is 2. The molecule has 0 spiro atoms. The lowest BCUT2D eigenvalue weighted by atomic mass is 10.3. The second kappa shape index (κ2) is 7.28. The third kappa shape index (κ3) is 3.53. The molecule has 2 heterocycles. The van der Waals surface area contributed by atoms with Crippen LogP contribution in [0, 0.1) is 0 Å². The summed E-state index contributed by atoms with van der Waals surface area (Å²) in [4.78, 5) is 19.6. The Bertz CT molecular complexity index is 867. The van der Waals surface area contributed by atoms with Crippen LogP contribution in [0.2, 0.25) is 0 Å². The van der Waals surface area contributed by atoms with Crippen molar-refractivity contribution in [3.63, 3.8) is 0 Å². The fraction of sp³-hybridized carbons (Fsp3) is 0.235. The predicted molar refractivity (Wildman–Crippen MR) is 94.3 cm³/mol. The monoisotopic (exact) mass is 326 g/mol. The lowest BCUT2D eigenvalue weighted by Gasteiger charge is -2.04. The van der Waals surface area contributed by atoms with Crippen molar-refractivity contribution in [3.8, 4) is 5.69 Å². The summed E-state index contributed by atoms with van der Waals surface area (Å²) in [6.07, 6.45) is 7.86. The van der Waals surface area contributed by atoms with Crippen LogP contribution < -0.4 is 5.56 Å². The maximum absolute atomic E-state index is 12.2. The molecule has 0 unspecified atom stereocenters. The molecule has 0 amide bonds. The Hall–Kier alpha value is -2.34. The second-order valence-electron chi connectivity index (χ2n) is 5.02. The van der Waals surface area contributed by atoms with E-state index in [0.717, 1.165) is 24.3 Å². The van der Waals surface area contributed by atoms with Crippen LogP contribution in [0.15, 0.2) is 58.6 Å². The van der Waals surface area contributed by atoms with Gasteiger partial charge in [0.2, 0.25) is 0 Å². The smallest absolute Gasteiger partial charge is 0.262 e. The molecule has 0 aliphatic carbocycles. The first kappa shape index (κ1) is 15.6. The molecule has 0 saturated heterocycles. The Balaban J connectivity index is 1.90. The van der Waals surface area contributed by atoms with E-state index in [1.54, 1.807) is 22.6 Å². The minimum atomic E-state index is -0.149. The molecule has 0 saturated carbocycles. The lowest BCUT2D eigenvalue weighted by Crippen LogP contribution is -2.09. The van der Waals surface area contributed by atoms with E-state index >= 15 is 0 Å². The molecule has 1 aromatic carbocycles. The summed E-state index contributed by atoms with van der Waals surface area (Å²) < 4.78 is 1.70. The largest absolute Gasteiger partial charge is 0.301 e. The van der Waals surface area contributed by atoms with Crippen LogP contribution in [-0.4, -0.2) is 25.5 Å². The van der Waals surface area contributed by atoms with Gasteiger partial charge in [0.1, 0.15) is 5.39 Å². The van der Waals surface area contributed by atoms with Crippen molar-refractivity contribution >= 4 is 22.8 Å². The standard InChI is InChI=1S/C17H18N4OS/c1-2-3-4-8-11-23-17-19-15-14(16(22)20-17)12-18-21(15)13-9-6-5-7-10-13/h3-7,9-10,12H,2,8,11H2,1H3,(H,19,20,22)/b4-3+. The number of nitrogens with one attached hydrogen (secondary N) is 1. The highest BCUT2D eigenvalue weighted by Crippen LogP contribution is 2.18. The molecule has 1 N–H and O–H groups in total. The zero-order valence-corrected chi connectivity index (χ0v) is 13.7. The molecule has 0 atom stereocenters. The van der Waals surface area contributed by atoms with Crippen molar-refractivity contribution in [2.75, 3.05) is 5.75 Å². The van der Waals surface area contributed by atoms with Crippen molar-refractivity contribution in [2.24, 2.45) is 0 Å². The topological polar surface area (TPSA) is 63.6 Å². The molecule has 3 aromatic rings. The predicted octanol–water partition coefficient (Wildman–Crippen LogP) is 3.56. The number of fused-ring (bicyclic) bond motifs is 1. The van der Waals surface area contributed by atoms with Crippen LogP contribution in [0.1, 0.15) is 19.8 Å². The van der Waals surface area contributed by atoms with Gasteiger partial charge in [0.25, 0.3) is 5.56 Å². The fourth-order valence-corrected chi connectivity index (χ4v) is 3.00. The molecule has 0 radical (unpaired) electrons. The molecule has 6 heteroatoms. The molecule has 2 aromatic heterocycles. The number of rotatable bonds is 6. The van der Waals surface area contributed by atoms with Gasteiger partial charge in [0.15, 0.2) is 10.8 Å². The first-order chi connectivity index (χ1) is 11.3. The number of hydrogen-bond acceptors (Lipinski definition) is 4. The lowest BCUT2D eigenvalue weighted by molar-refractivity contribution is 0.872. The third-order valence-electron chi connectivity index (χ3n) is 3.34. The van der Waals surface area contributed by atoms with Crippen LogP contribution in [-0.2, 0) is 0 Å². The van der Waals surface area contributed by atoms with Crippen molar-refractivity contribution in [1.29, 1.82) is 0 Å². The van der Waals surface area contributed by atoms with Crippen molar-refractivity contribution in [3.05, 3.63) is 59.0 Å². The molecule has 0 bridgehead atoms. The summed E-state index contributed by atoms with van der Waals surface area (Å²) in [6.45, 7) is 2.11. The van der Waals surface area contributed by atoms with Gasteiger partial charge in [-0.2, -0.15) is 5.10 Å². The zero-order valence-electron chi connectivity index (χ0n) is 12.9. The van der Waals surface area contributed by atoms with Crippen molar-refractivity contribution in [1.82, 2.24) is 19.7 Å². The fourth-order valence-electron chi connectivity index (χ4n) is 2.23. The molecule has 118 valence electrons. The van der Waals surface area contributed by atoms with Crippen molar-refractivity contribution < 1.29 is 0 Å². The Kier molecular flexibility index (Phi) is 4.92. The van der Waals surface area contributed by atoms with Gasteiger partial charge in [-0.3, -0.25) is 4.79 Å². The van der Waals surface area contributed by atoms with Gasteiger partial charge in [-0.15, -0.1) is 0 Å². The van der Waals surface area contributed by atoms with Gasteiger partial charge >= 0.3 is 0 Å². The van der Waals surface area contributed by atoms with Gasteiger partial charge < -0.3 is 4.98 Å². The molecule has 23 heavy (non-hydrogen) atoms. The number of para-hydroxylation sites is 1. The summed E-state index contributed by atoms with van der Waals surface area (Å²) in [6, 6.07) is 9.70. The van der Waals surface area contributed by atoms with Gasteiger partial charge in [0.05, 0.1) is 11.9 Å². The Morgan fingerprint density at radius 1 is 1.26 bits per heavy atom. The summed E-state index contributed by atoms with van der Waals surface area (Å²) in [5, 5.41) is 5.44. The number of nitrogens with zero attached hydrogens (tertiary/aromatic N) is 3. The number of aromatic amines is 1. The van der Waals surface area contributed by atoms with E-state index in [-0.39, 0.29) is 5.56 Å². The summed E-state index contributed by atoms with van der Waals surface area (Å²) in [5.41, 5.74) is 1.33. The Morgan fingerprint density at radius 3 is 2.87 bits per heavy atom. The Morgan fingerprint density at radius 2 is 2.09 bits per heavy atom. The first-order valence-corrected chi connectivity index (χ1v) is 8.59. The van der Waals surface area contributed by atoms with Crippen molar-refractivity contribution in [2.45, 2.75) is 24.9 Å². The Labute approximate surface area is 138 Å². The number of thioether (sulfide) groups is 1. The van der Waals surface area contributed by atoms with E-state index in [9.17, 15) is 4.79 Å². The van der Waals surface area contributed by atoms with E-state index < -0.39 is 0 Å². The van der Waals surface area contributed by atoms with Crippen LogP contribution in [0.4, 0.5) is 0 Å². The average Bonchev–Trinajstić information content (AvgIpc) is 3.00. The highest BCUT2D eigenvalue weighted by molar-refractivity contribution is 7.99. The maximum atomic E-state index is 12.2. The summed E-state index contributed by atoms with van der Waals surface area (Å²) >= 11 is 1.55. The number of benzene rings is 1. The van der Waals surface area contributed by atoms with E-state index in [1.165, 1.54) is 0 Å². The van der Waals surface area contributed by atoms with Gasteiger partial charge in [-0.1, -0.05) is 49.0 Å². The third-order valence-corrected chi connectivity index (χ3v) is 4.25. The molecule has 3 rings (SSSR count). The average molecular weight is 326 g/mol. The maximum Gasteiger partial charge on any atom is 0.262 e. The van der Waals surface area contributed by atoms with Crippen LogP contribution >= 0.6 is 11.8 Å². The highest BCUT2D eigenvalue weighted by Gasteiger charge is 2.11. The second-order valence-corrected chi connectivity index (χ2v) is 6.10. The molecule has 0 fully saturated rings.